The molecule has 0 bridgehead atoms. The average molecular weight is 143 g/mol. The summed E-state index contributed by atoms with van der Waals surface area (Å²) in [6, 6.07) is 0. The molecule has 1 aromatic rings. The molecule has 0 saturated carbocycles. The van der Waals surface area contributed by atoms with Crippen LogP contribution < -0.4 is 0 Å². The van der Waals surface area contributed by atoms with Crippen LogP contribution in [0.25, 0.3) is 0 Å². The Kier molecular flexibility index (Phi) is 2.16. The first kappa shape index (κ1) is 6.68. The molecule has 9 heavy (non-hydrogen) atoms. The van der Waals surface area contributed by atoms with E-state index in [1.54, 1.807) is 18.0 Å². The molecule has 0 aliphatic rings. The lowest BCUT2D eigenvalue weighted by Crippen LogP contribution is -1.84. The highest BCUT2D eigenvalue weighted by molar-refractivity contribution is 7.98. The maximum absolute atomic E-state index is 4.81. The van der Waals surface area contributed by atoms with Gasteiger partial charge in [-0.05, 0) is 13.2 Å². The molecule has 0 spiro atoms. The van der Waals surface area contributed by atoms with Crippen molar-refractivity contribution in [3.63, 3.8) is 0 Å². The lowest BCUT2D eigenvalue weighted by molar-refractivity contribution is 0.556. The quantitative estimate of drug-likeness (QED) is 0.634. The molecule has 1 rings (SSSR count). The van der Waals surface area contributed by atoms with Gasteiger partial charge in [0.05, 0.1) is 5.69 Å². The van der Waals surface area contributed by atoms with Gasteiger partial charge < -0.3 is 4.42 Å². The van der Waals surface area contributed by atoms with Gasteiger partial charge in [0.15, 0.2) is 6.39 Å². The molecule has 0 aliphatic carbocycles. The first-order chi connectivity index (χ1) is 4.34. The molecule has 1 unspecified atom stereocenters. The van der Waals surface area contributed by atoms with Crippen LogP contribution in [0.1, 0.15) is 17.9 Å². The van der Waals surface area contributed by atoms with Crippen LogP contribution in [0.3, 0.4) is 0 Å². The van der Waals surface area contributed by atoms with Crippen LogP contribution in [-0.2, 0) is 0 Å². The molecule has 0 N–H and O–H groups in total. The van der Waals surface area contributed by atoms with Crippen molar-refractivity contribution in [1.29, 1.82) is 0 Å². The minimum Gasteiger partial charge on any atom is -0.451 e. The van der Waals surface area contributed by atoms with Gasteiger partial charge in [-0.25, -0.2) is 4.98 Å². The fourth-order valence-electron chi connectivity index (χ4n) is 0.543. The van der Waals surface area contributed by atoms with E-state index in [2.05, 4.69) is 18.2 Å². The van der Waals surface area contributed by atoms with Crippen molar-refractivity contribution in [2.75, 3.05) is 6.26 Å². The predicted molar refractivity (Wildman–Crippen MR) is 38.4 cm³/mol. The topological polar surface area (TPSA) is 26.0 Å². The molecule has 3 heteroatoms. The molecule has 0 amide bonds. The summed E-state index contributed by atoms with van der Waals surface area (Å²) in [5, 5.41) is 0.448. The number of hydrogen-bond acceptors (Lipinski definition) is 3. The van der Waals surface area contributed by atoms with E-state index in [9.17, 15) is 0 Å². The lowest BCUT2D eigenvalue weighted by atomic mass is 10.4. The van der Waals surface area contributed by atoms with Crippen molar-refractivity contribution >= 4 is 11.8 Å². The Labute approximate surface area is 58.7 Å². The van der Waals surface area contributed by atoms with E-state index in [0.29, 0.717) is 5.25 Å². The highest BCUT2D eigenvalue weighted by Gasteiger charge is 2.04. The van der Waals surface area contributed by atoms with E-state index in [4.69, 9.17) is 4.42 Å². The van der Waals surface area contributed by atoms with Crippen molar-refractivity contribution in [2.45, 2.75) is 12.2 Å². The van der Waals surface area contributed by atoms with E-state index in [1.165, 1.54) is 6.39 Å². The Bertz CT molecular complexity index is 162. The summed E-state index contributed by atoms with van der Waals surface area (Å²) < 4.78 is 4.81. The van der Waals surface area contributed by atoms with Crippen molar-refractivity contribution < 1.29 is 4.42 Å². The van der Waals surface area contributed by atoms with E-state index in [1.807, 2.05) is 0 Å². The molecule has 1 atom stereocenters. The second kappa shape index (κ2) is 2.92. The zero-order valence-corrected chi connectivity index (χ0v) is 6.31. The minimum atomic E-state index is 0.448. The summed E-state index contributed by atoms with van der Waals surface area (Å²) in [5.41, 5.74) is 1.02. The van der Waals surface area contributed by atoms with Crippen molar-refractivity contribution in [1.82, 2.24) is 4.98 Å². The molecular weight excluding hydrogens is 134 g/mol. The summed E-state index contributed by atoms with van der Waals surface area (Å²) in [6.45, 7) is 2.10. The monoisotopic (exact) mass is 143 g/mol. The van der Waals surface area contributed by atoms with Gasteiger partial charge in [0.25, 0.3) is 0 Å². The van der Waals surface area contributed by atoms with E-state index < -0.39 is 0 Å². The highest BCUT2D eigenvalue weighted by atomic mass is 32.2. The van der Waals surface area contributed by atoms with Crippen LogP contribution in [0.5, 0.6) is 0 Å². The molecule has 1 aromatic heterocycles. The van der Waals surface area contributed by atoms with Gasteiger partial charge in [-0.2, -0.15) is 11.8 Å². The van der Waals surface area contributed by atoms with Crippen LogP contribution >= 0.6 is 11.8 Å². The van der Waals surface area contributed by atoms with Gasteiger partial charge in [0, 0.05) is 5.25 Å². The number of hydrogen-bond donors (Lipinski definition) is 0. The summed E-state index contributed by atoms with van der Waals surface area (Å²) >= 11 is 1.76. The summed E-state index contributed by atoms with van der Waals surface area (Å²) in [5.74, 6) is 0. The smallest absolute Gasteiger partial charge is 0.180 e. The Hall–Kier alpha value is -0.440. The van der Waals surface area contributed by atoms with Crippen LogP contribution in [0.4, 0.5) is 0 Å². The van der Waals surface area contributed by atoms with Gasteiger partial charge in [0.1, 0.15) is 6.26 Å². The third-order valence-electron chi connectivity index (χ3n) is 1.22. The predicted octanol–water partition coefficient (Wildman–Crippen LogP) is 2.10. The molecule has 0 fully saturated rings. The fraction of sp³-hybridized carbons (Fsp3) is 0.500. The Morgan fingerprint density at radius 3 is 3.00 bits per heavy atom. The molecular formula is C6H9NOS. The summed E-state index contributed by atoms with van der Waals surface area (Å²) in [7, 11) is 0. The normalized spacial score (nSPS) is 13.6. The van der Waals surface area contributed by atoms with Gasteiger partial charge in [0.2, 0.25) is 0 Å². The van der Waals surface area contributed by atoms with Crippen LogP contribution in [0.15, 0.2) is 17.1 Å². The first-order valence-corrected chi connectivity index (χ1v) is 4.04. The Morgan fingerprint density at radius 2 is 2.56 bits per heavy atom. The fourth-order valence-corrected chi connectivity index (χ4v) is 0.901. The van der Waals surface area contributed by atoms with Gasteiger partial charge in [-0.3, -0.25) is 0 Å². The van der Waals surface area contributed by atoms with Crippen molar-refractivity contribution in [3.8, 4) is 0 Å². The number of aromatic nitrogens is 1. The first-order valence-electron chi connectivity index (χ1n) is 2.75. The van der Waals surface area contributed by atoms with E-state index in [0.717, 1.165) is 5.69 Å². The van der Waals surface area contributed by atoms with Crippen LogP contribution in [0.2, 0.25) is 0 Å². The number of thioether (sulfide) groups is 1. The zero-order valence-electron chi connectivity index (χ0n) is 5.50. The second-order valence-corrected chi connectivity index (χ2v) is 2.97. The molecule has 0 radical (unpaired) electrons. The maximum atomic E-state index is 4.81. The molecule has 50 valence electrons. The second-order valence-electron chi connectivity index (χ2n) is 1.79. The number of rotatable bonds is 2. The molecule has 0 aromatic carbocycles. The van der Waals surface area contributed by atoms with Gasteiger partial charge in [-0.1, -0.05) is 0 Å². The van der Waals surface area contributed by atoms with E-state index in [-0.39, 0.29) is 0 Å². The molecule has 1 heterocycles. The Balaban J connectivity index is 2.65. The minimum absolute atomic E-state index is 0.448. The molecule has 2 nitrogen and oxygen atoms in total. The van der Waals surface area contributed by atoms with Crippen LogP contribution in [0, 0.1) is 0 Å². The van der Waals surface area contributed by atoms with Crippen LogP contribution in [-0.4, -0.2) is 11.2 Å². The Morgan fingerprint density at radius 1 is 1.78 bits per heavy atom. The third kappa shape index (κ3) is 1.48. The SMILES string of the molecule is CSC(C)c1cocn1. The molecule has 0 saturated heterocycles. The van der Waals surface area contributed by atoms with Crippen molar-refractivity contribution in [2.24, 2.45) is 0 Å². The summed E-state index contributed by atoms with van der Waals surface area (Å²) in [4.78, 5) is 4.00. The maximum Gasteiger partial charge on any atom is 0.180 e. The largest absolute Gasteiger partial charge is 0.451 e. The third-order valence-corrected chi connectivity index (χ3v) is 2.17. The molecule has 0 aliphatic heterocycles. The summed E-state index contributed by atoms with van der Waals surface area (Å²) in [6.07, 6.45) is 5.20. The average Bonchev–Trinajstić information content (AvgIpc) is 2.37. The number of oxazole rings is 1. The standard InChI is InChI=1S/C6H9NOS/c1-5(9-2)6-3-8-4-7-6/h3-5H,1-2H3. The van der Waals surface area contributed by atoms with Crippen molar-refractivity contribution in [3.05, 3.63) is 18.4 Å². The van der Waals surface area contributed by atoms with E-state index >= 15 is 0 Å². The number of nitrogens with zero attached hydrogens (tertiary/aromatic N) is 1. The van der Waals surface area contributed by atoms with Gasteiger partial charge in [-0.15, -0.1) is 0 Å². The lowest BCUT2D eigenvalue weighted by Gasteiger charge is -1.99. The van der Waals surface area contributed by atoms with Gasteiger partial charge >= 0.3 is 0 Å². The highest BCUT2D eigenvalue weighted by Crippen LogP contribution is 2.22. The zero-order chi connectivity index (χ0) is 6.69.